The van der Waals surface area contributed by atoms with Crippen LogP contribution in [0, 0.1) is 6.92 Å². The molecule has 1 amide bonds. The largest absolute Gasteiger partial charge is 0.483 e. The number of amides is 1. The van der Waals surface area contributed by atoms with E-state index in [9.17, 15) is 13.2 Å². The normalized spacial score (nSPS) is 15.4. The van der Waals surface area contributed by atoms with Gasteiger partial charge >= 0.3 is 0 Å². The monoisotopic (exact) mass is 368 g/mol. The van der Waals surface area contributed by atoms with Crippen molar-refractivity contribution in [1.29, 1.82) is 0 Å². The highest BCUT2D eigenvalue weighted by atomic mass is 32.2. The van der Waals surface area contributed by atoms with Crippen LogP contribution in [-0.2, 0) is 14.8 Å². The number of sulfonamides is 1. The van der Waals surface area contributed by atoms with Crippen LogP contribution in [0.5, 0.6) is 5.75 Å². The molecule has 0 bridgehead atoms. The molecule has 0 aromatic heterocycles. The summed E-state index contributed by atoms with van der Waals surface area (Å²) in [6, 6.07) is 4.78. The van der Waals surface area contributed by atoms with Crippen molar-refractivity contribution in [2.75, 3.05) is 32.8 Å². The third-order valence-electron chi connectivity index (χ3n) is 4.55. The van der Waals surface area contributed by atoms with Crippen LogP contribution in [0.25, 0.3) is 0 Å². The number of benzene rings is 1. The number of piperidine rings is 1. The second-order valence-corrected chi connectivity index (χ2v) is 8.18. The van der Waals surface area contributed by atoms with E-state index in [0.717, 1.165) is 25.9 Å². The van der Waals surface area contributed by atoms with Crippen molar-refractivity contribution in [2.24, 2.45) is 0 Å². The Balaban J connectivity index is 2.05. The summed E-state index contributed by atoms with van der Waals surface area (Å²) in [6.07, 6.45) is 3.26. The van der Waals surface area contributed by atoms with Crippen LogP contribution in [0.2, 0.25) is 0 Å². The highest BCUT2D eigenvalue weighted by Gasteiger charge is 2.22. The first kappa shape index (κ1) is 19.7. The molecule has 1 fully saturated rings. The number of carbonyl (C=O) groups is 1. The van der Waals surface area contributed by atoms with Gasteiger partial charge < -0.3 is 9.64 Å². The number of carbonyl (C=O) groups excluding carboxylic acids is 1. The molecule has 0 spiro atoms. The van der Waals surface area contributed by atoms with Gasteiger partial charge in [-0.1, -0.05) is 13.8 Å². The predicted octanol–water partition coefficient (Wildman–Crippen LogP) is 2.42. The summed E-state index contributed by atoms with van der Waals surface area (Å²) >= 11 is 0. The lowest BCUT2D eigenvalue weighted by Gasteiger charge is -2.26. The molecule has 1 aliphatic heterocycles. The van der Waals surface area contributed by atoms with E-state index in [1.807, 2.05) is 18.7 Å². The van der Waals surface area contributed by atoms with Gasteiger partial charge in [-0.05, 0) is 49.9 Å². The Bertz CT molecular complexity index is 693. The van der Waals surface area contributed by atoms with Crippen LogP contribution in [-0.4, -0.2) is 56.3 Å². The molecule has 2 rings (SSSR count). The van der Waals surface area contributed by atoms with Gasteiger partial charge in [0.1, 0.15) is 5.75 Å². The third-order valence-corrected chi connectivity index (χ3v) is 6.60. The molecule has 0 unspecified atom stereocenters. The Morgan fingerprint density at radius 2 is 1.80 bits per heavy atom. The van der Waals surface area contributed by atoms with E-state index in [4.69, 9.17) is 4.74 Å². The molecule has 0 aliphatic carbocycles. The Morgan fingerprint density at radius 3 is 2.36 bits per heavy atom. The zero-order chi connectivity index (χ0) is 18.4. The molecule has 25 heavy (non-hydrogen) atoms. The third kappa shape index (κ3) is 4.73. The van der Waals surface area contributed by atoms with Gasteiger partial charge in [0, 0.05) is 26.2 Å². The van der Waals surface area contributed by atoms with Crippen molar-refractivity contribution >= 4 is 15.9 Å². The molecule has 1 aliphatic rings. The van der Waals surface area contributed by atoms with E-state index in [0.29, 0.717) is 24.4 Å². The molecule has 0 saturated carbocycles. The minimum atomic E-state index is -3.49. The molecule has 1 saturated heterocycles. The van der Waals surface area contributed by atoms with Gasteiger partial charge in [0.15, 0.2) is 6.61 Å². The van der Waals surface area contributed by atoms with E-state index < -0.39 is 10.0 Å². The van der Waals surface area contributed by atoms with E-state index in [1.165, 1.54) is 10.7 Å². The van der Waals surface area contributed by atoms with Crippen molar-refractivity contribution in [3.05, 3.63) is 23.8 Å². The fourth-order valence-electron chi connectivity index (χ4n) is 3.03. The highest BCUT2D eigenvalue weighted by molar-refractivity contribution is 7.89. The van der Waals surface area contributed by atoms with Gasteiger partial charge in [-0.15, -0.1) is 0 Å². The van der Waals surface area contributed by atoms with Crippen molar-refractivity contribution in [1.82, 2.24) is 9.21 Å². The highest BCUT2D eigenvalue weighted by Crippen LogP contribution is 2.24. The SMILES string of the molecule is CCN(CC)S(=O)(=O)c1ccc(OCC(=O)N2CCCCC2)c(C)c1. The van der Waals surface area contributed by atoms with Gasteiger partial charge in [-0.3, -0.25) is 4.79 Å². The second-order valence-electron chi connectivity index (χ2n) is 6.25. The predicted molar refractivity (Wildman–Crippen MR) is 97.2 cm³/mol. The number of aryl methyl sites for hydroxylation is 1. The average Bonchev–Trinajstić information content (AvgIpc) is 2.61. The zero-order valence-corrected chi connectivity index (χ0v) is 16.1. The molecule has 1 heterocycles. The number of likely N-dealkylation sites (tertiary alicyclic amines) is 1. The van der Waals surface area contributed by atoms with Crippen LogP contribution in [0.4, 0.5) is 0 Å². The van der Waals surface area contributed by atoms with Gasteiger partial charge in [-0.25, -0.2) is 8.42 Å². The molecular formula is C18H28N2O4S. The zero-order valence-electron chi connectivity index (χ0n) is 15.3. The molecule has 0 N–H and O–H groups in total. The minimum absolute atomic E-state index is 0.0109. The van der Waals surface area contributed by atoms with Crippen molar-refractivity contribution in [3.8, 4) is 5.75 Å². The lowest BCUT2D eigenvalue weighted by molar-refractivity contribution is -0.134. The Morgan fingerprint density at radius 1 is 1.16 bits per heavy atom. The Labute approximate surface area is 150 Å². The van der Waals surface area contributed by atoms with E-state index in [2.05, 4.69) is 0 Å². The standard InChI is InChI=1S/C18H28N2O4S/c1-4-20(5-2)25(22,23)16-9-10-17(15(3)13-16)24-14-18(21)19-11-7-6-8-12-19/h9-10,13H,4-8,11-12,14H2,1-3H3. The van der Waals surface area contributed by atoms with Crippen LogP contribution in [0.1, 0.15) is 38.7 Å². The molecule has 0 radical (unpaired) electrons. The van der Waals surface area contributed by atoms with Gasteiger partial charge in [0.25, 0.3) is 5.91 Å². The molecule has 7 heteroatoms. The van der Waals surface area contributed by atoms with Crippen LogP contribution in [0.3, 0.4) is 0 Å². The van der Waals surface area contributed by atoms with Gasteiger partial charge in [0.2, 0.25) is 10.0 Å². The van der Waals surface area contributed by atoms with Crippen molar-refractivity contribution < 1.29 is 17.9 Å². The fourth-order valence-corrected chi connectivity index (χ4v) is 4.57. The summed E-state index contributed by atoms with van der Waals surface area (Å²) < 4.78 is 32.2. The molecule has 140 valence electrons. The smallest absolute Gasteiger partial charge is 0.260 e. The molecule has 1 aromatic carbocycles. The van der Waals surface area contributed by atoms with Gasteiger partial charge in [0.05, 0.1) is 4.90 Å². The van der Waals surface area contributed by atoms with Crippen molar-refractivity contribution in [2.45, 2.75) is 44.9 Å². The summed E-state index contributed by atoms with van der Waals surface area (Å²) in [5.74, 6) is 0.530. The maximum absolute atomic E-state index is 12.6. The Kier molecular flexibility index (Phi) is 6.84. The Hall–Kier alpha value is -1.60. The van der Waals surface area contributed by atoms with Crippen LogP contribution < -0.4 is 4.74 Å². The summed E-state index contributed by atoms with van der Waals surface area (Å²) in [5, 5.41) is 0. The minimum Gasteiger partial charge on any atom is -0.483 e. The lowest BCUT2D eigenvalue weighted by atomic mass is 10.1. The fraction of sp³-hybridized carbons (Fsp3) is 0.611. The number of hydrogen-bond acceptors (Lipinski definition) is 4. The number of hydrogen-bond donors (Lipinski definition) is 0. The quantitative estimate of drug-likeness (QED) is 0.741. The van der Waals surface area contributed by atoms with E-state index >= 15 is 0 Å². The van der Waals surface area contributed by atoms with Gasteiger partial charge in [-0.2, -0.15) is 4.31 Å². The van der Waals surface area contributed by atoms with Crippen LogP contribution in [0.15, 0.2) is 23.1 Å². The first-order valence-electron chi connectivity index (χ1n) is 8.91. The maximum atomic E-state index is 12.6. The summed E-state index contributed by atoms with van der Waals surface area (Å²) in [4.78, 5) is 14.3. The molecule has 6 nitrogen and oxygen atoms in total. The number of rotatable bonds is 7. The topological polar surface area (TPSA) is 66.9 Å². The number of nitrogens with zero attached hydrogens (tertiary/aromatic N) is 2. The lowest BCUT2D eigenvalue weighted by Crippen LogP contribution is -2.38. The van der Waals surface area contributed by atoms with E-state index in [1.54, 1.807) is 25.1 Å². The first-order valence-corrected chi connectivity index (χ1v) is 10.4. The molecular weight excluding hydrogens is 340 g/mol. The number of ether oxygens (including phenoxy) is 1. The second kappa shape index (κ2) is 8.67. The van der Waals surface area contributed by atoms with Crippen molar-refractivity contribution in [3.63, 3.8) is 0 Å². The summed E-state index contributed by atoms with van der Waals surface area (Å²) in [5.41, 5.74) is 0.708. The summed E-state index contributed by atoms with van der Waals surface area (Å²) in [7, 11) is -3.49. The van der Waals surface area contributed by atoms with E-state index in [-0.39, 0.29) is 17.4 Å². The molecule has 0 atom stereocenters. The molecule has 1 aromatic rings. The first-order chi connectivity index (χ1) is 11.9. The maximum Gasteiger partial charge on any atom is 0.260 e. The van der Waals surface area contributed by atoms with Crippen LogP contribution >= 0.6 is 0 Å². The average molecular weight is 368 g/mol. The summed E-state index contributed by atoms with van der Waals surface area (Å²) in [6.45, 7) is 7.87.